The molecule has 0 unspecified atom stereocenters. The monoisotopic (exact) mass is 702 g/mol. The van der Waals surface area contributed by atoms with E-state index in [2.05, 4.69) is 47.0 Å². The number of hydrogen-bond acceptors (Lipinski definition) is 6. The molecule has 0 aliphatic carbocycles. The van der Waals surface area contributed by atoms with Crippen LogP contribution in [0.15, 0.2) is 188 Å². The summed E-state index contributed by atoms with van der Waals surface area (Å²) in [6.45, 7) is 0. The molecule has 0 radical (unpaired) electrons. The van der Waals surface area contributed by atoms with Crippen LogP contribution in [0.3, 0.4) is 0 Å². The van der Waals surface area contributed by atoms with Crippen molar-refractivity contribution < 1.29 is 38.5 Å². The first-order valence-electron chi connectivity index (χ1n) is 15.4. The third kappa shape index (κ3) is 8.96. The van der Waals surface area contributed by atoms with Crippen LogP contribution >= 0.6 is 7.26 Å². The van der Waals surface area contributed by atoms with Gasteiger partial charge in [-0.2, -0.15) is 0 Å². The Kier molecular flexibility index (Phi) is 12.0. The molecule has 10 heteroatoms. The zero-order chi connectivity index (χ0) is 35.4. The van der Waals surface area contributed by atoms with E-state index in [1.807, 2.05) is 133 Å². The minimum atomic E-state index is -4.94. The van der Waals surface area contributed by atoms with Crippen molar-refractivity contribution in [1.82, 2.24) is 5.32 Å². The molecule has 6 aromatic rings. The third-order valence-corrected chi connectivity index (χ3v) is 12.0. The summed E-state index contributed by atoms with van der Waals surface area (Å²) in [5.74, 6) is -0.772. The average molecular weight is 703 g/mol. The predicted molar refractivity (Wildman–Crippen MR) is 187 cm³/mol. The van der Waals surface area contributed by atoms with Gasteiger partial charge in [0.2, 0.25) is 0 Å². The van der Waals surface area contributed by atoms with Crippen LogP contribution in [0.25, 0.3) is 5.31 Å². The second kappa shape index (κ2) is 16.8. The maximum absolute atomic E-state index is 14.7. The normalized spacial score (nSPS) is 11.7. The van der Waals surface area contributed by atoms with Crippen molar-refractivity contribution in [3.63, 3.8) is 0 Å². The van der Waals surface area contributed by atoms with Crippen molar-refractivity contribution in [3.8, 4) is 0 Å². The highest BCUT2D eigenvalue weighted by atomic mass is 35.7. The van der Waals surface area contributed by atoms with Crippen LogP contribution in [0.2, 0.25) is 0 Å². The lowest BCUT2D eigenvalue weighted by molar-refractivity contribution is -2.00. The highest BCUT2D eigenvalue weighted by Crippen LogP contribution is 2.67. The Bertz CT molecular complexity index is 1910. The standard InChI is InChI=1S/C40H31N2O2P.ClHO4/c43-39(32-21-9-2-10-22-32)42-37(40(44)41-33-23-11-3-12-24-33)38(31-19-7-1-8-20-31)45(34-25-13-4-14-26-34,35-27-15-5-16-28-35)36-29-17-6-18-30-36;2-1(3,4)5/h1-30H,(H-,41,42,43,44);(H,2,3,4,5)/b38-37-;. The Morgan fingerprint density at radius 2 is 0.780 bits per heavy atom. The van der Waals surface area contributed by atoms with Crippen molar-refractivity contribution in [3.05, 3.63) is 199 Å². The number of rotatable bonds is 9. The smallest absolute Gasteiger partial charge is 0.276 e. The van der Waals surface area contributed by atoms with Gasteiger partial charge in [-0.05, 0) is 60.7 Å². The molecule has 0 spiro atoms. The molecular formula is C40H32ClN2O6P. The van der Waals surface area contributed by atoms with E-state index in [1.54, 1.807) is 12.1 Å². The fourth-order valence-corrected chi connectivity index (χ4v) is 10.2. The first kappa shape index (κ1) is 35.9. The van der Waals surface area contributed by atoms with Gasteiger partial charge in [-0.15, -0.1) is 10.2 Å². The van der Waals surface area contributed by atoms with Crippen molar-refractivity contribution in [1.29, 1.82) is 0 Å². The van der Waals surface area contributed by atoms with Gasteiger partial charge in [-0.25, -0.2) is 18.6 Å². The molecule has 0 fully saturated rings. The molecule has 50 heavy (non-hydrogen) atoms. The second-order valence-corrected chi connectivity index (χ2v) is 14.9. The molecular weight excluding hydrogens is 671 g/mol. The largest absolute Gasteiger partial charge is 0.321 e. The summed E-state index contributed by atoms with van der Waals surface area (Å²) < 4.78 is 34.0. The maximum Gasteiger partial charge on any atom is 0.276 e. The van der Waals surface area contributed by atoms with Crippen LogP contribution in [0.1, 0.15) is 15.9 Å². The highest BCUT2D eigenvalue weighted by molar-refractivity contribution is 8.03. The van der Waals surface area contributed by atoms with Gasteiger partial charge in [0.05, 0.1) is 0 Å². The summed E-state index contributed by atoms with van der Waals surface area (Å²) in [5.41, 5.74) is 2.13. The van der Waals surface area contributed by atoms with E-state index in [9.17, 15) is 9.59 Å². The Hall–Kier alpha value is -5.44. The Morgan fingerprint density at radius 3 is 1.16 bits per heavy atom. The van der Waals surface area contributed by atoms with Crippen molar-refractivity contribution in [2.75, 3.05) is 5.32 Å². The van der Waals surface area contributed by atoms with E-state index in [4.69, 9.17) is 18.6 Å². The molecule has 0 aliphatic rings. The molecule has 8 nitrogen and oxygen atoms in total. The summed E-state index contributed by atoms with van der Waals surface area (Å²) in [5, 5.41) is 10.1. The summed E-state index contributed by atoms with van der Waals surface area (Å²) in [4.78, 5) is 28.6. The predicted octanol–water partition coefficient (Wildman–Crippen LogP) is 2.66. The number of carbonyl (C=O) groups is 2. The van der Waals surface area contributed by atoms with E-state index in [1.165, 1.54) is 0 Å². The van der Waals surface area contributed by atoms with Gasteiger partial charge in [-0.3, -0.25) is 9.59 Å². The van der Waals surface area contributed by atoms with Gasteiger partial charge in [0.1, 0.15) is 28.5 Å². The van der Waals surface area contributed by atoms with Gasteiger partial charge in [0, 0.05) is 16.8 Å². The number of para-hydroxylation sites is 1. The number of amides is 2. The van der Waals surface area contributed by atoms with Crippen LogP contribution in [0.4, 0.5) is 5.69 Å². The van der Waals surface area contributed by atoms with Crippen molar-refractivity contribution in [2.24, 2.45) is 0 Å². The summed E-state index contributed by atoms with van der Waals surface area (Å²) in [6.07, 6.45) is 0. The summed E-state index contributed by atoms with van der Waals surface area (Å²) in [7, 11) is -7.79. The topological polar surface area (TPSA) is 150 Å². The molecule has 0 saturated carbocycles. The van der Waals surface area contributed by atoms with Crippen LogP contribution < -0.4 is 45.2 Å². The van der Waals surface area contributed by atoms with Crippen molar-refractivity contribution >= 4 is 46.0 Å². The number of nitrogens with one attached hydrogen (secondary N) is 2. The third-order valence-electron chi connectivity index (χ3n) is 7.58. The van der Waals surface area contributed by atoms with E-state index < -0.39 is 23.4 Å². The Morgan fingerprint density at radius 1 is 0.460 bits per heavy atom. The number of benzene rings is 6. The Balaban J connectivity index is 0.000000908. The second-order valence-electron chi connectivity index (χ2n) is 10.8. The number of carbonyl (C=O) groups excluding carboxylic acids is 2. The highest BCUT2D eigenvalue weighted by Gasteiger charge is 2.52. The molecule has 6 aromatic carbocycles. The molecule has 0 aromatic heterocycles. The lowest BCUT2D eigenvalue weighted by atomic mass is 10.1. The molecule has 2 N–H and O–H groups in total. The van der Waals surface area contributed by atoms with Gasteiger partial charge < -0.3 is 10.6 Å². The molecule has 2 amide bonds. The lowest BCUT2D eigenvalue weighted by Crippen LogP contribution is -2.68. The number of anilines is 1. The molecule has 0 bridgehead atoms. The molecule has 6 rings (SSSR count). The van der Waals surface area contributed by atoms with E-state index in [0.29, 0.717) is 11.3 Å². The molecule has 250 valence electrons. The zero-order valence-electron chi connectivity index (χ0n) is 26.6. The lowest BCUT2D eigenvalue weighted by Gasteiger charge is -2.31. The van der Waals surface area contributed by atoms with Gasteiger partial charge >= 0.3 is 0 Å². The van der Waals surface area contributed by atoms with Crippen LogP contribution in [0.5, 0.6) is 0 Å². The van der Waals surface area contributed by atoms with Gasteiger partial charge in [0.15, 0.2) is 5.70 Å². The van der Waals surface area contributed by atoms with Gasteiger partial charge in [-0.1, -0.05) is 121 Å². The quantitative estimate of drug-likeness (QED) is 0.175. The van der Waals surface area contributed by atoms with E-state index >= 15 is 0 Å². The fraction of sp³-hybridized carbons (Fsp3) is 0. The summed E-state index contributed by atoms with van der Waals surface area (Å²) >= 11 is 0. The fourth-order valence-electron chi connectivity index (χ4n) is 5.60. The summed E-state index contributed by atoms with van der Waals surface area (Å²) in [6, 6.07) is 59.2. The first-order valence-corrected chi connectivity index (χ1v) is 18.4. The average Bonchev–Trinajstić information content (AvgIpc) is 3.14. The minimum Gasteiger partial charge on any atom is -0.321 e. The Labute approximate surface area is 293 Å². The maximum atomic E-state index is 14.7. The zero-order valence-corrected chi connectivity index (χ0v) is 28.2. The van der Waals surface area contributed by atoms with E-state index in [-0.39, 0.29) is 11.6 Å². The van der Waals surface area contributed by atoms with Crippen LogP contribution in [-0.4, -0.2) is 11.8 Å². The minimum absolute atomic E-state index is 0.198. The number of hydrogen-bond donors (Lipinski definition) is 2. The van der Waals surface area contributed by atoms with Crippen LogP contribution in [-0.2, 0) is 4.79 Å². The van der Waals surface area contributed by atoms with Crippen LogP contribution in [0, 0.1) is 10.2 Å². The number of halogens is 1. The molecule has 0 heterocycles. The molecule has 0 aliphatic heterocycles. The molecule has 0 atom stereocenters. The molecule has 0 saturated heterocycles. The van der Waals surface area contributed by atoms with Crippen molar-refractivity contribution in [2.45, 2.75) is 0 Å². The SMILES string of the molecule is O=C(Nc1ccccc1)/C(NC(=O)c1ccccc1)=C(\c1ccccc1)[P+](c1ccccc1)(c1ccccc1)c1ccccc1.[O-][Cl+3]([O-])([O-])[O-]. The first-order chi connectivity index (χ1) is 24.2. The van der Waals surface area contributed by atoms with Gasteiger partial charge in [0.25, 0.3) is 11.8 Å². The van der Waals surface area contributed by atoms with E-state index in [0.717, 1.165) is 26.8 Å².